The summed E-state index contributed by atoms with van der Waals surface area (Å²) in [6.07, 6.45) is 7.79. The van der Waals surface area contributed by atoms with Crippen molar-refractivity contribution < 1.29 is 9.53 Å². The molecule has 1 unspecified atom stereocenters. The number of hydrogen-bond donors (Lipinski definition) is 1. The third-order valence-corrected chi connectivity index (χ3v) is 4.24. The number of carbonyl (C=O) groups excluding carboxylic acids is 1. The molecule has 3 nitrogen and oxygen atoms in total. The van der Waals surface area contributed by atoms with E-state index in [-0.39, 0.29) is 11.5 Å². The molecule has 0 spiro atoms. The summed E-state index contributed by atoms with van der Waals surface area (Å²) in [7, 11) is 2.00. The Kier molecular flexibility index (Phi) is 3.98. The number of ketones is 1. The highest BCUT2D eigenvalue weighted by atomic mass is 16.5. The zero-order valence-corrected chi connectivity index (χ0v) is 10.3. The number of ether oxygens (including phenoxy) is 1. The van der Waals surface area contributed by atoms with Gasteiger partial charge in [-0.15, -0.1) is 0 Å². The van der Waals surface area contributed by atoms with Gasteiger partial charge in [-0.05, 0) is 26.3 Å². The van der Waals surface area contributed by atoms with Crippen molar-refractivity contribution in [2.75, 3.05) is 20.3 Å². The van der Waals surface area contributed by atoms with Gasteiger partial charge in [0.05, 0.1) is 6.61 Å². The van der Waals surface area contributed by atoms with Gasteiger partial charge in [0.15, 0.2) is 0 Å². The first-order chi connectivity index (χ1) is 7.76. The molecule has 1 atom stereocenters. The van der Waals surface area contributed by atoms with Crippen molar-refractivity contribution in [3.8, 4) is 0 Å². The van der Waals surface area contributed by atoms with E-state index in [2.05, 4.69) is 5.32 Å². The lowest BCUT2D eigenvalue weighted by Crippen LogP contribution is -2.47. The van der Waals surface area contributed by atoms with Crippen molar-refractivity contribution in [2.24, 2.45) is 5.92 Å². The molecule has 2 rings (SSSR count). The topological polar surface area (TPSA) is 38.3 Å². The fourth-order valence-electron chi connectivity index (χ4n) is 3.01. The van der Waals surface area contributed by atoms with E-state index < -0.39 is 0 Å². The fraction of sp³-hybridized carbons (Fsp3) is 0.923. The lowest BCUT2D eigenvalue weighted by molar-refractivity contribution is -0.124. The molecule has 92 valence electrons. The van der Waals surface area contributed by atoms with E-state index in [1.807, 2.05) is 7.05 Å². The lowest BCUT2D eigenvalue weighted by Gasteiger charge is -2.37. The van der Waals surface area contributed by atoms with E-state index in [9.17, 15) is 4.79 Å². The van der Waals surface area contributed by atoms with Crippen LogP contribution in [0.3, 0.4) is 0 Å². The first kappa shape index (κ1) is 12.1. The van der Waals surface area contributed by atoms with Crippen molar-refractivity contribution in [1.29, 1.82) is 0 Å². The number of rotatable bonds is 4. The van der Waals surface area contributed by atoms with Crippen molar-refractivity contribution in [3.63, 3.8) is 0 Å². The van der Waals surface area contributed by atoms with Crippen molar-refractivity contribution in [1.82, 2.24) is 5.32 Å². The minimum absolute atomic E-state index is 0.0952. The average Bonchev–Trinajstić information content (AvgIpc) is 2.84. The minimum Gasteiger partial charge on any atom is -0.381 e. The quantitative estimate of drug-likeness (QED) is 0.794. The summed E-state index contributed by atoms with van der Waals surface area (Å²) in [6, 6.07) is 0. The molecule has 2 fully saturated rings. The molecule has 2 aliphatic rings. The highest BCUT2D eigenvalue weighted by molar-refractivity contribution is 5.82. The summed E-state index contributed by atoms with van der Waals surface area (Å²) in [6.45, 7) is 1.42. The molecule has 0 aromatic rings. The summed E-state index contributed by atoms with van der Waals surface area (Å²) in [5.74, 6) is 0.584. The molecule has 3 heteroatoms. The lowest BCUT2D eigenvalue weighted by atomic mass is 9.76. The number of nitrogens with one attached hydrogen (secondary N) is 1. The zero-order valence-electron chi connectivity index (χ0n) is 10.3. The van der Waals surface area contributed by atoms with E-state index in [1.54, 1.807) is 0 Å². The highest BCUT2D eigenvalue weighted by Gasteiger charge is 2.35. The summed E-state index contributed by atoms with van der Waals surface area (Å²) in [5, 5.41) is 3.41. The van der Waals surface area contributed by atoms with Crippen LogP contribution in [-0.2, 0) is 9.53 Å². The van der Waals surface area contributed by atoms with Gasteiger partial charge in [-0.3, -0.25) is 4.79 Å². The molecule has 1 heterocycles. The average molecular weight is 225 g/mol. The summed E-state index contributed by atoms with van der Waals surface area (Å²) in [4.78, 5) is 12.2. The van der Waals surface area contributed by atoms with E-state index in [0.29, 0.717) is 18.8 Å². The SMILES string of the molecule is CNC1(CC(=O)C2CCOC2)CCCCC1. The molecule has 0 amide bonds. The van der Waals surface area contributed by atoms with Crippen LogP contribution < -0.4 is 5.32 Å². The molecule has 16 heavy (non-hydrogen) atoms. The Morgan fingerprint density at radius 1 is 1.38 bits per heavy atom. The van der Waals surface area contributed by atoms with Crippen LogP contribution in [0, 0.1) is 5.92 Å². The predicted molar refractivity (Wildman–Crippen MR) is 63.4 cm³/mol. The van der Waals surface area contributed by atoms with E-state index in [0.717, 1.165) is 25.9 Å². The molecule has 1 aliphatic carbocycles. The van der Waals surface area contributed by atoms with Gasteiger partial charge in [0.25, 0.3) is 0 Å². The molecule has 1 saturated carbocycles. The molecule has 1 saturated heterocycles. The standard InChI is InChI=1S/C13H23NO2/c1-14-13(6-3-2-4-7-13)9-12(15)11-5-8-16-10-11/h11,14H,2-10H2,1H3. The Bertz CT molecular complexity index is 240. The van der Waals surface area contributed by atoms with Crippen molar-refractivity contribution in [2.45, 2.75) is 50.5 Å². The smallest absolute Gasteiger partial charge is 0.140 e. The van der Waals surface area contributed by atoms with Crippen LogP contribution in [0.25, 0.3) is 0 Å². The van der Waals surface area contributed by atoms with Crippen LogP contribution in [-0.4, -0.2) is 31.6 Å². The Hall–Kier alpha value is -0.410. The van der Waals surface area contributed by atoms with Gasteiger partial charge in [0.2, 0.25) is 0 Å². The zero-order chi connectivity index (χ0) is 11.4. The Labute approximate surface area is 97.9 Å². The molecule has 0 bridgehead atoms. The molecule has 0 aromatic heterocycles. The fourth-order valence-corrected chi connectivity index (χ4v) is 3.01. The number of hydrogen-bond acceptors (Lipinski definition) is 3. The molecular formula is C13H23NO2. The summed E-state index contributed by atoms with van der Waals surface area (Å²) in [5.41, 5.74) is 0.0952. The molecule has 0 radical (unpaired) electrons. The van der Waals surface area contributed by atoms with Gasteiger partial charge >= 0.3 is 0 Å². The Morgan fingerprint density at radius 3 is 2.69 bits per heavy atom. The maximum atomic E-state index is 12.2. The third kappa shape index (κ3) is 2.64. The monoisotopic (exact) mass is 225 g/mol. The predicted octanol–water partition coefficient (Wildman–Crippen LogP) is 1.90. The van der Waals surface area contributed by atoms with Crippen LogP contribution in [0.2, 0.25) is 0 Å². The molecular weight excluding hydrogens is 202 g/mol. The normalized spacial score (nSPS) is 29.2. The van der Waals surface area contributed by atoms with Gasteiger partial charge in [-0.1, -0.05) is 19.3 Å². The van der Waals surface area contributed by atoms with Gasteiger partial charge in [-0.2, -0.15) is 0 Å². The second-order valence-corrected chi connectivity index (χ2v) is 5.29. The maximum Gasteiger partial charge on any atom is 0.140 e. The Morgan fingerprint density at radius 2 is 2.12 bits per heavy atom. The van der Waals surface area contributed by atoms with Crippen LogP contribution >= 0.6 is 0 Å². The Balaban J connectivity index is 1.91. The first-order valence-corrected chi connectivity index (χ1v) is 6.55. The van der Waals surface area contributed by atoms with Crippen LogP contribution in [0.5, 0.6) is 0 Å². The third-order valence-electron chi connectivity index (χ3n) is 4.24. The van der Waals surface area contributed by atoms with Crippen LogP contribution in [0.1, 0.15) is 44.9 Å². The number of carbonyl (C=O) groups is 1. The van der Waals surface area contributed by atoms with Gasteiger partial charge in [0, 0.05) is 24.5 Å². The molecule has 1 N–H and O–H groups in total. The van der Waals surface area contributed by atoms with E-state index in [1.165, 1.54) is 19.3 Å². The van der Waals surface area contributed by atoms with E-state index >= 15 is 0 Å². The largest absolute Gasteiger partial charge is 0.381 e. The van der Waals surface area contributed by atoms with Crippen molar-refractivity contribution in [3.05, 3.63) is 0 Å². The molecule has 0 aromatic carbocycles. The maximum absolute atomic E-state index is 12.2. The van der Waals surface area contributed by atoms with Gasteiger partial charge in [0.1, 0.15) is 5.78 Å². The van der Waals surface area contributed by atoms with Crippen LogP contribution in [0.15, 0.2) is 0 Å². The van der Waals surface area contributed by atoms with Crippen LogP contribution in [0.4, 0.5) is 0 Å². The second-order valence-electron chi connectivity index (χ2n) is 5.29. The summed E-state index contributed by atoms with van der Waals surface area (Å²) >= 11 is 0. The number of Topliss-reactive ketones (excluding diaryl/α,β-unsaturated/α-hetero) is 1. The highest BCUT2D eigenvalue weighted by Crippen LogP contribution is 2.32. The first-order valence-electron chi connectivity index (χ1n) is 6.55. The molecule has 1 aliphatic heterocycles. The van der Waals surface area contributed by atoms with Gasteiger partial charge in [-0.25, -0.2) is 0 Å². The minimum atomic E-state index is 0.0952. The second kappa shape index (κ2) is 5.28. The van der Waals surface area contributed by atoms with E-state index in [4.69, 9.17) is 4.74 Å². The van der Waals surface area contributed by atoms with Crippen molar-refractivity contribution >= 4 is 5.78 Å². The van der Waals surface area contributed by atoms with Gasteiger partial charge < -0.3 is 10.1 Å². The summed E-state index contributed by atoms with van der Waals surface area (Å²) < 4.78 is 5.29.